The molecule has 1 aliphatic carbocycles. The molecule has 1 saturated heterocycles. The van der Waals surface area contributed by atoms with Gasteiger partial charge in [-0.15, -0.1) is 0 Å². The van der Waals surface area contributed by atoms with Crippen LogP contribution in [-0.4, -0.2) is 50.1 Å². The van der Waals surface area contributed by atoms with Crippen LogP contribution in [0.3, 0.4) is 0 Å². The first-order valence-electron chi connectivity index (χ1n) is 8.78. The summed E-state index contributed by atoms with van der Waals surface area (Å²) in [6.07, 6.45) is 3.23. The lowest BCUT2D eigenvalue weighted by Gasteiger charge is -2.24. The Hall–Kier alpha value is -1.88. The minimum atomic E-state index is 0.0570. The van der Waals surface area contributed by atoms with Crippen molar-refractivity contribution in [3.8, 4) is 0 Å². The fourth-order valence-corrected chi connectivity index (χ4v) is 3.72. The molecule has 2 unspecified atom stereocenters. The third kappa shape index (κ3) is 3.96. The van der Waals surface area contributed by atoms with Gasteiger partial charge >= 0.3 is 0 Å². The van der Waals surface area contributed by atoms with E-state index < -0.39 is 0 Å². The lowest BCUT2D eigenvalue weighted by molar-refractivity contribution is -0.128. The lowest BCUT2D eigenvalue weighted by Crippen LogP contribution is -2.37. The van der Waals surface area contributed by atoms with Crippen LogP contribution in [0.15, 0.2) is 24.3 Å². The number of likely N-dealkylation sites (tertiary alicyclic amines) is 1. The van der Waals surface area contributed by atoms with Crippen LogP contribution in [0, 0.1) is 11.8 Å². The number of hydrogen-bond donors (Lipinski definition) is 1. The van der Waals surface area contributed by atoms with Crippen LogP contribution in [0.25, 0.3) is 0 Å². The van der Waals surface area contributed by atoms with Gasteiger partial charge in [0.05, 0.1) is 6.61 Å². The van der Waals surface area contributed by atoms with Crippen molar-refractivity contribution in [2.45, 2.75) is 25.7 Å². The summed E-state index contributed by atoms with van der Waals surface area (Å²) in [4.78, 5) is 26.2. The Kier molecular flexibility index (Phi) is 5.51. The zero-order valence-corrected chi connectivity index (χ0v) is 14.3. The highest BCUT2D eigenvalue weighted by atomic mass is 16.5. The summed E-state index contributed by atoms with van der Waals surface area (Å²) in [6.45, 7) is 2.51. The highest BCUT2D eigenvalue weighted by Crippen LogP contribution is 2.25. The third-order valence-electron chi connectivity index (χ3n) is 5.14. The second-order valence-corrected chi connectivity index (χ2v) is 6.86. The van der Waals surface area contributed by atoms with Gasteiger partial charge in [-0.05, 0) is 30.4 Å². The molecule has 1 aliphatic heterocycles. The van der Waals surface area contributed by atoms with Crippen molar-refractivity contribution < 1.29 is 14.3 Å². The smallest absolute Gasteiger partial charge is 0.223 e. The molecule has 5 nitrogen and oxygen atoms in total. The average Bonchev–Trinajstić information content (AvgIpc) is 2.97. The topological polar surface area (TPSA) is 58.6 Å². The SMILES string of the molecule is COCCN1CC(CNC(=O)C2CCc3ccccc3C2)CC1=O. The highest BCUT2D eigenvalue weighted by molar-refractivity contribution is 5.80. The Morgan fingerprint density at radius 2 is 2.08 bits per heavy atom. The number of nitrogens with one attached hydrogen (secondary N) is 1. The Labute approximate surface area is 143 Å². The molecule has 0 bridgehead atoms. The van der Waals surface area contributed by atoms with E-state index in [1.54, 1.807) is 7.11 Å². The first-order valence-corrected chi connectivity index (χ1v) is 8.78. The van der Waals surface area contributed by atoms with E-state index in [4.69, 9.17) is 4.74 Å². The van der Waals surface area contributed by atoms with Crippen LogP contribution in [0.1, 0.15) is 24.0 Å². The van der Waals surface area contributed by atoms with Gasteiger partial charge < -0.3 is 15.0 Å². The maximum absolute atomic E-state index is 12.5. The van der Waals surface area contributed by atoms with Crippen LogP contribution in [0.5, 0.6) is 0 Å². The number of carbonyl (C=O) groups is 2. The van der Waals surface area contributed by atoms with Crippen molar-refractivity contribution in [1.82, 2.24) is 10.2 Å². The molecule has 1 N–H and O–H groups in total. The zero-order chi connectivity index (χ0) is 16.9. The van der Waals surface area contributed by atoms with Crippen LogP contribution < -0.4 is 5.32 Å². The van der Waals surface area contributed by atoms with Crippen molar-refractivity contribution >= 4 is 11.8 Å². The number of hydrogen-bond acceptors (Lipinski definition) is 3. The monoisotopic (exact) mass is 330 g/mol. The number of ether oxygens (including phenoxy) is 1. The van der Waals surface area contributed by atoms with E-state index in [0.717, 1.165) is 25.8 Å². The zero-order valence-electron chi connectivity index (χ0n) is 14.3. The summed E-state index contributed by atoms with van der Waals surface area (Å²) in [5.41, 5.74) is 2.67. The van der Waals surface area contributed by atoms with Crippen molar-refractivity contribution in [2.75, 3.05) is 33.4 Å². The van der Waals surface area contributed by atoms with Crippen LogP contribution in [-0.2, 0) is 27.2 Å². The van der Waals surface area contributed by atoms with Crippen LogP contribution >= 0.6 is 0 Å². The Morgan fingerprint density at radius 1 is 1.29 bits per heavy atom. The molecule has 24 heavy (non-hydrogen) atoms. The summed E-state index contributed by atoms with van der Waals surface area (Å²) >= 11 is 0. The molecule has 1 aromatic carbocycles. The number of carbonyl (C=O) groups excluding carboxylic acids is 2. The molecule has 1 heterocycles. The summed E-state index contributed by atoms with van der Waals surface area (Å²) in [5.74, 6) is 0.570. The molecule has 0 spiro atoms. The molecule has 5 heteroatoms. The van der Waals surface area contributed by atoms with Crippen molar-refractivity contribution in [3.05, 3.63) is 35.4 Å². The maximum atomic E-state index is 12.5. The number of amides is 2. The number of rotatable bonds is 6. The van der Waals surface area contributed by atoms with E-state index in [0.29, 0.717) is 26.1 Å². The van der Waals surface area contributed by atoms with Gasteiger partial charge in [0.15, 0.2) is 0 Å². The van der Waals surface area contributed by atoms with Gasteiger partial charge in [0.25, 0.3) is 0 Å². The third-order valence-corrected chi connectivity index (χ3v) is 5.14. The number of aryl methyl sites for hydroxylation is 1. The van der Waals surface area contributed by atoms with E-state index >= 15 is 0 Å². The highest BCUT2D eigenvalue weighted by Gasteiger charge is 2.30. The number of nitrogens with zero attached hydrogens (tertiary/aromatic N) is 1. The molecule has 0 saturated carbocycles. The van der Waals surface area contributed by atoms with E-state index in [9.17, 15) is 9.59 Å². The summed E-state index contributed by atoms with van der Waals surface area (Å²) < 4.78 is 5.03. The van der Waals surface area contributed by atoms with Gasteiger partial charge in [-0.25, -0.2) is 0 Å². The van der Waals surface area contributed by atoms with Gasteiger partial charge in [-0.1, -0.05) is 24.3 Å². The lowest BCUT2D eigenvalue weighted by atomic mass is 9.83. The molecule has 3 rings (SSSR count). The molecule has 130 valence electrons. The van der Waals surface area contributed by atoms with E-state index in [2.05, 4.69) is 23.5 Å². The van der Waals surface area contributed by atoms with E-state index in [1.165, 1.54) is 11.1 Å². The normalized spacial score (nSPS) is 23.2. The molecule has 1 fully saturated rings. The number of fused-ring (bicyclic) bond motifs is 1. The quantitative estimate of drug-likeness (QED) is 0.858. The molecule has 0 aromatic heterocycles. The largest absolute Gasteiger partial charge is 0.383 e. The number of benzene rings is 1. The second-order valence-electron chi connectivity index (χ2n) is 6.86. The summed E-state index contributed by atoms with van der Waals surface area (Å²) in [6, 6.07) is 8.38. The maximum Gasteiger partial charge on any atom is 0.223 e. The standard InChI is InChI=1S/C19H26N2O3/c1-24-9-8-21-13-14(10-18(21)22)12-20-19(23)17-7-6-15-4-2-3-5-16(15)11-17/h2-5,14,17H,6-13H2,1H3,(H,20,23). The first-order chi connectivity index (χ1) is 11.7. The van der Waals surface area contributed by atoms with E-state index in [-0.39, 0.29) is 23.7 Å². The van der Waals surface area contributed by atoms with Gasteiger partial charge in [0, 0.05) is 45.0 Å². The first kappa shape index (κ1) is 17.0. The summed E-state index contributed by atoms with van der Waals surface area (Å²) in [5, 5.41) is 3.07. The Balaban J connectivity index is 1.46. The van der Waals surface area contributed by atoms with Crippen LogP contribution in [0.4, 0.5) is 0 Å². The van der Waals surface area contributed by atoms with E-state index in [1.807, 2.05) is 11.0 Å². The van der Waals surface area contributed by atoms with Gasteiger partial charge in [-0.3, -0.25) is 9.59 Å². The van der Waals surface area contributed by atoms with Crippen molar-refractivity contribution in [1.29, 1.82) is 0 Å². The van der Waals surface area contributed by atoms with Crippen LogP contribution in [0.2, 0.25) is 0 Å². The molecular weight excluding hydrogens is 304 g/mol. The fourth-order valence-electron chi connectivity index (χ4n) is 3.72. The van der Waals surface area contributed by atoms with Crippen molar-refractivity contribution in [2.24, 2.45) is 11.8 Å². The number of methoxy groups -OCH3 is 1. The molecular formula is C19H26N2O3. The molecule has 2 atom stereocenters. The predicted molar refractivity (Wildman–Crippen MR) is 91.5 cm³/mol. The minimum absolute atomic E-state index is 0.0570. The predicted octanol–water partition coefficient (Wildman–Crippen LogP) is 1.40. The molecule has 2 amide bonds. The Bertz CT molecular complexity index is 602. The fraction of sp³-hybridized carbons (Fsp3) is 0.579. The molecule has 1 aromatic rings. The summed E-state index contributed by atoms with van der Waals surface area (Å²) in [7, 11) is 1.64. The molecule has 2 aliphatic rings. The minimum Gasteiger partial charge on any atom is -0.383 e. The second kappa shape index (κ2) is 7.79. The average molecular weight is 330 g/mol. The molecule has 0 radical (unpaired) electrons. The Morgan fingerprint density at radius 3 is 2.88 bits per heavy atom. The van der Waals surface area contributed by atoms with Crippen molar-refractivity contribution in [3.63, 3.8) is 0 Å². The van der Waals surface area contributed by atoms with Gasteiger partial charge in [0.1, 0.15) is 0 Å². The van der Waals surface area contributed by atoms with Gasteiger partial charge in [0.2, 0.25) is 11.8 Å². The van der Waals surface area contributed by atoms with Gasteiger partial charge in [-0.2, -0.15) is 0 Å².